The molecule has 0 saturated carbocycles. The van der Waals surface area contributed by atoms with Crippen LogP contribution in [0.1, 0.15) is 37.4 Å². The van der Waals surface area contributed by atoms with Gasteiger partial charge in [0.15, 0.2) is 0 Å². The second kappa shape index (κ2) is 10.8. The zero-order valence-electron chi connectivity index (χ0n) is 19.8. The van der Waals surface area contributed by atoms with Gasteiger partial charge in [0.25, 0.3) is 11.7 Å². The van der Waals surface area contributed by atoms with Crippen molar-refractivity contribution < 1.29 is 24.2 Å². The number of hydrogen-bond donors (Lipinski definition) is 1. The number of amides is 1. The molecular weight excluding hydrogens is 432 g/mol. The fourth-order valence-electron chi connectivity index (χ4n) is 4.50. The van der Waals surface area contributed by atoms with Gasteiger partial charge in [-0.25, -0.2) is 0 Å². The number of aliphatic hydroxyl groups is 1. The summed E-state index contributed by atoms with van der Waals surface area (Å²) in [5.74, 6) is -0.717. The van der Waals surface area contributed by atoms with Gasteiger partial charge in [-0.3, -0.25) is 14.5 Å². The second-order valence-electron chi connectivity index (χ2n) is 8.90. The minimum absolute atomic E-state index is 0.0281. The highest BCUT2D eigenvalue weighted by Crippen LogP contribution is 2.39. The molecule has 2 heterocycles. The molecule has 1 atom stereocenters. The Labute approximate surface area is 200 Å². The molecule has 1 N–H and O–H groups in total. The number of likely N-dealkylation sites (tertiary alicyclic amines) is 1. The van der Waals surface area contributed by atoms with E-state index >= 15 is 0 Å². The summed E-state index contributed by atoms with van der Waals surface area (Å²) in [4.78, 5) is 30.1. The molecule has 0 aliphatic carbocycles. The molecule has 2 aliphatic rings. The van der Waals surface area contributed by atoms with Crippen LogP contribution in [0.5, 0.6) is 5.75 Å². The molecule has 7 nitrogen and oxygen atoms in total. The van der Waals surface area contributed by atoms with Gasteiger partial charge in [-0.15, -0.1) is 0 Å². The lowest BCUT2D eigenvalue weighted by atomic mass is 9.95. The zero-order chi connectivity index (χ0) is 24.1. The fourth-order valence-corrected chi connectivity index (χ4v) is 4.50. The average molecular weight is 465 g/mol. The van der Waals surface area contributed by atoms with Crippen LogP contribution in [0, 0.1) is 0 Å². The normalized spacial score (nSPS) is 20.8. The Morgan fingerprint density at radius 3 is 2.35 bits per heavy atom. The number of aliphatic hydroxyl groups excluding tert-OH is 1. The van der Waals surface area contributed by atoms with E-state index in [4.69, 9.17) is 9.47 Å². The summed E-state index contributed by atoms with van der Waals surface area (Å²) < 4.78 is 11.1. The van der Waals surface area contributed by atoms with Crippen LogP contribution < -0.4 is 4.74 Å². The topological polar surface area (TPSA) is 79.3 Å². The molecule has 0 aromatic heterocycles. The number of morpholine rings is 1. The van der Waals surface area contributed by atoms with Crippen molar-refractivity contribution in [1.29, 1.82) is 0 Å². The Kier molecular flexibility index (Phi) is 7.65. The van der Waals surface area contributed by atoms with Crippen LogP contribution in [0.2, 0.25) is 0 Å². The average Bonchev–Trinajstić information content (AvgIpc) is 3.10. The third-order valence-electron chi connectivity index (χ3n) is 6.13. The van der Waals surface area contributed by atoms with Crippen LogP contribution in [0.25, 0.3) is 5.76 Å². The first-order chi connectivity index (χ1) is 16.5. The van der Waals surface area contributed by atoms with Gasteiger partial charge < -0.3 is 19.5 Å². The van der Waals surface area contributed by atoms with Gasteiger partial charge in [0, 0.05) is 31.7 Å². The summed E-state index contributed by atoms with van der Waals surface area (Å²) in [5.41, 5.74) is 1.40. The van der Waals surface area contributed by atoms with E-state index in [2.05, 4.69) is 4.90 Å². The number of rotatable bonds is 8. The summed E-state index contributed by atoms with van der Waals surface area (Å²) in [6.07, 6.45) is 0.762. The molecule has 0 unspecified atom stereocenters. The number of Topliss-reactive ketones (excluding diaryl/α,β-unsaturated/α-hetero) is 1. The lowest BCUT2D eigenvalue weighted by Crippen LogP contribution is -2.38. The summed E-state index contributed by atoms with van der Waals surface area (Å²) >= 11 is 0. The van der Waals surface area contributed by atoms with E-state index in [0.717, 1.165) is 44.8 Å². The number of carbonyl (C=O) groups is 2. The van der Waals surface area contributed by atoms with Gasteiger partial charge in [-0.1, -0.05) is 30.3 Å². The predicted octanol–water partition coefficient (Wildman–Crippen LogP) is 3.62. The molecule has 0 spiro atoms. The first-order valence-corrected chi connectivity index (χ1v) is 11.9. The quantitative estimate of drug-likeness (QED) is 0.365. The number of benzene rings is 2. The first-order valence-electron chi connectivity index (χ1n) is 11.9. The van der Waals surface area contributed by atoms with Crippen LogP contribution in [0.3, 0.4) is 0 Å². The maximum absolute atomic E-state index is 13.1. The number of ketones is 1. The van der Waals surface area contributed by atoms with Crippen LogP contribution >= 0.6 is 0 Å². The maximum Gasteiger partial charge on any atom is 0.295 e. The van der Waals surface area contributed by atoms with E-state index in [1.165, 1.54) is 0 Å². The van der Waals surface area contributed by atoms with Crippen LogP contribution in [0.4, 0.5) is 0 Å². The van der Waals surface area contributed by atoms with Crippen LogP contribution in [0.15, 0.2) is 60.2 Å². The van der Waals surface area contributed by atoms with E-state index < -0.39 is 17.7 Å². The Morgan fingerprint density at radius 1 is 1.03 bits per heavy atom. The molecule has 2 saturated heterocycles. The van der Waals surface area contributed by atoms with Gasteiger partial charge in [-0.2, -0.15) is 0 Å². The van der Waals surface area contributed by atoms with Crippen molar-refractivity contribution in [2.24, 2.45) is 0 Å². The molecule has 1 amide bonds. The number of hydrogen-bond acceptors (Lipinski definition) is 6. The molecule has 2 aromatic carbocycles. The molecular formula is C27H32N2O5. The van der Waals surface area contributed by atoms with E-state index in [-0.39, 0.29) is 17.4 Å². The smallest absolute Gasteiger partial charge is 0.295 e. The summed E-state index contributed by atoms with van der Waals surface area (Å²) in [7, 11) is 0. The number of nitrogens with zero attached hydrogens (tertiary/aromatic N) is 2. The summed E-state index contributed by atoms with van der Waals surface area (Å²) in [6.45, 7) is 8.31. The molecule has 4 rings (SSSR count). The minimum atomic E-state index is -0.653. The number of carbonyl (C=O) groups excluding carboxylic acids is 2. The van der Waals surface area contributed by atoms with Crippen molar-refractivity contribution in [2.45, 2.75) is 32.4 Å². The molecule has 34 heavy (non-hydrogen) atoms. The van der Waals surface area contributed by atoms with E-state index in [0.29, 0.717) is 17.9 Å². The first kappa shape index (κ1) is 24.0. The molecule has 2 aliphatic heterocycles. The second-order valence-corrected chi connectivity index (χ2v) is 8.90. The van der Waals surface area contributed by atoms with Gasteiger partial charge in [0.2, 0.25) is 0 Å². The van der Waals surface area contributed by atoms with Gasteiger partial charge >= 0.3 is 0 Å². The standard InChI is InChI=1S/C27H32N2O5/c1-19(2)34-22-11-9-21(10-12-22)25(30)23-24(20-7-4-3-5-8-20)29(27(32)26(23)31)14-6-13-28-15-17-33-18-16-28/h3-5,7-12,19,24,30H,6,13-18H2,1-2H3/t24-/m0/s1. The van der Waals surface area contributed by atoms with E-state index in [1.54, 1.807) is 29.2 Å². The SMILES string of the molecule is CC(C)Oc1ccc(C(O)=C2C(=O)C(=O)N(CCCN3CCOCC3)[C@H]2c2ccccc2)cc1. The lowest BCUT2D eigenvalue weighted by molar-refractivity contribution is -0.140. The third-order valence-corrected chi connectivity index (χ3v) is 6.13. The third kappa shape index (κ3) is 5.32. The molecule has 180 valence electrons. The van der Waals surface area contributed by atoms with E-state index in [1.807, 2.05) is 44.2 Å². The highest BCUT2D eigenvalue weighted by Gasteiger charge is 2.45. The summed E-state index contributed by atoms with van der Waals surface area (Å²) in [5, 5.41) is 11.2. The van der Waals surface area contributed by atoms with Crippen LogP contribution in [-0.4, -0.2) is 72.1 Å². The van der Waals surface area contributed by atoms with Gasteiger partial charge in [0.1, 0.15) is 11.5 Å². The molecule has 2 aromatic rings. The van der Waals surface area contributed by atoms with Crippen molar-refractivity contribution in [3.05, 3.63) is 71.3 Å². The highest BCUT2D eigenvalue weighted by molar-refractivity contribution is 6.46. The molecule has 2 fully saturated rings. The van der Waals surface area contributed by atoms with Crippen molar-refractivity contribution >= 4 is 17.4 Å². The monoisotopic (exact) mass is 464 g/mol. The lowest BCUT2D eigenvalue weighted by Gasteiger charge is -2.29. The maximum atomic E-state index is 13.1. The predicted molar refractivity (Wildman–Crippen MR) is 130 cm³/mol. The Balaban J connectivity index is 1.62. The van der Waals surface area contributed by atoms with Gasteiger partial charge in [0.05, 0.1) is 30.9 Å². The number of ether oxygens (including phenoxy) is 2. The largest absolute Gasteiger partial charge is 0.507 e. The van der Waals surface area contributed by atoms with Crippen molar-refractivity contribution in [3.8, 4) is 5.75 Å². The molecule has 0 bridgehead atoms. The van der Waals surface area contributed by atoms with Gasteiger partial charge in [-0.05, 0) is 50.1 Å². The van der Waals surface area contributed by atoms with Crippen molar-refractivity contribution in [1.82, 2.24) is 9.80 Å². The van der Waals surface area contributed by atoms with Crippen molar-refractivity contribution in [3.63, 3.8) is 0 Å². The highest BCUT2D eigenvalue weighted by atomic mass is 16.5. The van der Waals surface area contributed by atoms with Crippen molar-refractivity contribution in [2.75, 3.05) is 39.4 Å². The minimum Gasteiger partial charge on any atom is -0.507 e. The fraction of sp³-hybridized carbons (Fsp3) is 0.407. The molecule has 0 radical (unpaired) electrons. The zero-order valence-corrected chi connectivity index (χ0v) is 19.8. The summed E-state index contributed by atoms with van der Waals surface area (Å²) in [6, 6.07) is 15.7. The Bertz CT molecular complexity index is 1030. The molecule has 7 heteroatoms. The van der Waals surface area contributed by atoms with Crippen LogP contribution in [-0.2, 0) is 14.3 Å². The Hall–Kier alpha value is -3.16. The Morgan fingerprint density at radius 2 is 1.71 bits per heavy atom. The van der Waals surface area contributed by atoms with E-state index in [9.17, 15) is 14.7 Å².